The van der Waals surface area contributed by atoms with E-state index in [9.17, 15) is 18.3 Å². The van der Waals surface area contributed by atoms with Gasteiger partial charge in [0.25, 0.3) is 0 Å². The molecule has 0 saturated carbocycles. The molecular weight excluding hydrogens is 377 g/mol. The Morgan fingerprint density at radius 1 is 1.22 bits per heavy atom. The third-order valence-corrected chi connectivity index (χ3v) is 4.46. The van der Waals surface area contributed by atoms with Gasteiger partial charge in [0, 0.05) is 16.3 Å². The van der Waals surface area contributed by atoms with Crippen LogP contribution < -0.4 is 10.5 Å². The van der Waals surface area contributed by atoms with Crippen LogP contribution in [0.25, 0.3) is 10.9 Å². The highest BCUT2D eigenvalue weighted by Gasteiger charge is 2.27. The average molecular weight is 387 g/mol. The summed E-state index contributed by atoms with van der Waals surface area (Å²) in [4.78, 5) is 2.46. The molecule has 3 rings (SSSR count). The molecule has 0 aliphatic heterocycles. The monoisotopic (exact) mass is 387 g/mol. The quantitative estimate of drug-likeness (QED) is 0.178. The molecule has 2 aromatic carbocycles. The number of aliphatic hydroxyl groups is 1. The van der Waals surface area contributed by atoms with Gasteiger partial charge in [-0.3, -0.25) is 5.41 Å². The van der Waals surface area contributed by atoms with Gasteiger partial charge in [0.1, 0.15) is 33.1 Å². The number of nitrogens with two attached hydrogens (primary N) is 1. The van der Waals surface area contributed by atoms with Gasteiger partial charge in [-0.2, -0.15) is 4.39 Å². The van der Waals surface area contributed by atoms with Gasteiger partial charge >= 0.3 is 0 Å². The maximum atomic E-state index is 14.6. The van der Waals surface area contributed by atoms with Gasteiger partial charge in [-0.25, -0.2) is 8.78 Å². The van der Waals surface area contributed by atoms with Crippen molar-refractivity contribution in [2.24, 2.45) is 5.73 Å². The van der Waals surface area contributed by atoms with Gasteiger partial charge in [0.15, 0.2) is 11.6 Å². The highest BCUT2D eigenvalue weighted by molar-refractivity contribution is 8.03. The van der Waals surface area contributed by atoms with E-state index >= 15 is 0 Å². The molecule has 134 valence electrons. The van der Waals surface area contributed by atoms with Gasteiger partial charge in [-0.15, -0.1) is 11.8 Å². The number of thioether (sulfide) groups is 1. The SMILES string of the molecule is [B]C([B])(O)Sc1c(Oc2ccc(F)c(C(=N)N)c2)c(F)c(F)c2[nH]ccc12. The normalized spacial score (nSPS) is 11.7. The van der Waals surface area contributed by atoms with Crippen LogP contribution in [0.5, 0.6) is 11.5 Å². The summed E-state index contributed by atoms with van der Waals surface area (Å²) in [5, 5.41) is 17.2. The van der Waals surface area contributed by atoms with E-state index in [1.807, 2.05) is 0 Å². The summed E-state index contributed by atoms with van der Waals surface area (Å²) >= 11 is 0.436. The largest absolute Gasteiger partial charge is 0.453 e. The fourth-order valence-corrected chi connectivity index (χ4v) is 3.25. The van der Waals surface area contributed by atoms with Gasteiger partial charge < -0.3 is 20.6 Å². The van der Waals surface area contributed by atoms with Crippen LogP contribution in [0.1, 0.15) is 5.56 Å². The van der Waals surface area contributed by atoms with E-state index in [-0.39, 0.29) is 27.1 Å². The van der Waals surface area contributed by atoms with Crippen molar-refractivity contribution in [2.75, 3.05) is 0 Å². The second-order valence-electron chi connectivity index (χ2n) is 5.56. The van der Waals surface area contributed by atoms with E-state index in [0.717, 1.165) is 18.2 Å². The van der Waals surface area contributed by atoms with Gasteiger partial charge in [0.2, 0.25) is 5.82 Å². The molecule has 0 saturated heterocycles. The molecule has 0 aliphatic rings. The van der Waals surface area contributed by atoms with Crippen molar-refractivity contribution in [1.29, 1.82) is 5.41 Å². The van der Waals surface area contributed by atoms with Crippen LogP contribution in [0.2, 0.25) is 0 Å². The molecule has 5 N–H and O–H groups in total. The summed E-state index contributed by atoms with van der Waals surface area (Å²) in [5.74, 6) is -4.67. The summed E-state index contributed by atoms with van der Waals surface area (Å²) in [6, 6.07) is 4.59. The second-order valence-corrected chi connectivity index (χ2v) is 6.83. The Bertz CT molecular complexity index is 1050. The first kappa shape index (κ1) is 19.2. The van der Waals surface area contributed by atoms with Crippen LogP contribution in [0.4, 0.5) is 13.2 Å². The van der Waals surface area contributed by atoms with Crippen molar-refractivity contribution in [2.45, 2.75) is 9.63 Å². The number of amidine groups is 1. The second kappa shape index (κ2) is 6.90. The molecule has 0 spiro atoms. The predicted molar refractivity (Wildman–Crippen MR) is 98.0 cm³/mol. The van der Waals surface area contributed by atoms with Crippen molar-refractivity contribution in [3.05, 3.63) is 53.5 Å². The third-order valence-electron chi connectivity index (χ3n) is 3.52. The third kappa shape index (κ3) is 3.79. The molecule has 1 aromatic heterocycles. The topological polar surface area (TPSA) is 95.1 Å². The summed E-state index contributed by atoms with van der Waals surface area (Å²) in [6.45, 7) is 0. The highest BCUT2D eigenvalue weighted by Crippen LogP contribution is 2.44. The van der Waals surface area contributed by atoms with Gasteiger partial charge in [-0.05, 0) is 24.3 Å². The number of aromatic amines is 1. The average Bonchev–Trinajstić information content (AvgIpc) is 3.05. The molecule has 0 atom stereocenters. The minimum absolute atomic E-state index is 0.0775. The van der Waals surface area contributed by atoms with Crippen LogP contribution in [-0.2, 0) is 0 Å². The number of hydrogen-bond donors (Lipinski definition) is 4. The zero-order chi connectivity index (χ0) is 19.9. The zero-order valence-electron chi connectivity index (χ0n) is 13.5. The lowest BCUT2D eigenvalue weighted by molar-refractivity contribution is 0.302. The highest BCUT2D eigenvalue weighted by atomic mass is 32.2. The number of halogens is 3. The van der Waals surface area contributed by atoms with E-state index in [2.05, 4.69) is 4.98 Å². The van der Waals surface area contributed by atoms with Crippen molar-refractivity contribution >= 4 is 44.2 Å². The summed E-state index contributed by atoms with van der Waals surface area (Å²) in [5.41, 5.74) is 4.83. The Kier molecular flexibility index (Phi) is 4.92. The van der Waals surface area contributed by atoms with Crippen LogP contribution in [0.15, 0.2) is 35.4 Å². The first-order chi connectivity index (χ1) is 12.6. The summed E-state index contributed by atoms with van der Waals surface area (Å²) < 4.78 is 45.8. The van der Waals surface area contributed by atoms with E-state index in [4.69, 9.17) is 31.6 Å². The lowest BCUT2D eigenvalue weighted by atomic mass is 9.81. The summed E-state index contributed by atoms with van der Waals surface area (Å²) in [7, 11) is 10.8. The van der Waals surface area contributed by atoms with E-state index in [0.29, 0.717) is 11.8 Å². The number of nitrogen functional groups attached to an aromatic ring is 1. The minimum atomic E-state index is -2.31. The molecule has 11 heteroatoms. The smallest absolute Gasteiger partial charge is 0.204 e. The molecule has 5 nitrogen and oxygen atoms in total. The fourth-order valence-electron chi connectivity index (χ4n) is 2.42. The molecule has 0 unspecified atom stereocenters. The van der Waals surface area contributed by atoms with Crippen LogP contribution in [-0.4, -0.2) is 36.4 Å². The van der Waals surface area contributed by atoms with Crippen LogP contribution in [0, 0.1) is 22.9 Å². The van der Waals surface area contributed by atoms with Crippen molar-refractivity contribution in [3.63, 3.8) is 0 Å². The number of nitrogens with one attached hydrogen (secondary N) is 2. The van der Waals surface area contributed by atoms with E-state index in [1.165, 1.54) is 12.3 Å². The lowest BCUT2D eigenvalue weighted by Crippen LogP contribution is -2.24. The first-order valence-electron chi connectivity index (χ1n) is 7.37. The molecule has 4 radical (unpaired) electrons. The van der Waals surface area contributed by atoms with Gasteiger partial charge in [0.05, 0.1) is 16.0 Å². The van der Waals surface area contributed by atoms with E-state index in [1.54, 1.807) is 0 Å². The van der Waals surface area contributed by atoms with Crippen LogP contribution >= 0.6 is 11.8 Å². The van der Waals surface area contributed by atoms with Crippen LogP contribution in [0.3, 0.4) is 0 Å². The van der Waals surface area contributed by atoms with E-state index < -0.39 is 33.8 Å². The molecule has 0 bridgehead atoms. The molecular formula is C16H10B2F3N3O2S. The Hall–Kier alpha value is -2.52. The Morgan fingerprint density at radius 2 is 1.93 bits per heavy atom. The van der Waals surface area contributed by atoms with Crippen molar-refractivity contribution < 1.29 is 23.0 Å². The number of rotatable bonds is 5. The number of benzene rings is 2. The Labute approximate surface area is 158 Å². The summed E-state index contributed by atoms with van der Waals surface area (Å²) in [6.07, 6.45) is 1.36. The molecule has 1 heterocycles. The first-order valence-corrected chi connectivity index (χ1v) is 8.19. The zero-order valence-corrected chi connectivity index (χ0v) is 14.3. The Morgan fingerprint density at radius 3 is 2.56 bits per heavy atom. The number of fused-ring (bicyclic) bond motifs is 1. The molecule has 3 aromatic rings. The number of aromatic nitrogens is 1. The standard InChI is InChI=1S/C16H10B2F3N3O2S/c17-16(18,25)27-14-7-3-4-24-12(7)10(20)11(21)13(14)26-6-1-2-9(19)8(5-6)15(22)23/h1-5,24-25H,(H3,22,23). The van der Waals surface area contributed by atoms with Crippen molar-refractivity contribution in [1.82, 2.24) is 4.98 Å². The lowest BCUT2D eigenvalue weighted by Gasteiger charge is -2.21. The number of hydrogen-bond acceptors (Lipinski definition) is 4. The maximum absolute atomic E-state index is 14.6. The predicted octanol–water partition coefficient (Wildman–Crippen LogP) is 2.69. The maximum Gasteiger partial charge on any atom is 0.204 e. The van der Waals surface area contributed by atoms with Crippen molar-refractivity contribution in [3.8, 4) is 11.5 Å². The number of ether oxygens (including phenoxy) is 1. The van der Waals surface area contributed by atoms with Gasteiger partial charge in [-0.1, -0.05) is 0 Å². The molecule has 0 fully saturated rings. The fraction of sp³-hybridized carbons (Fsp3) is 0.0625. The minimum Gasteiger partial charge on any atom is -0.453 e. The Balaban J connectivity index is 2.18. The number of H-pyrrole nitrogens is 1. The molecule has 27 heavy (non-hydrogen) atoms. The molecule has 0 aliphatic carbocycles. The molecule has 0 amide bonds.